The molecule has 1 heterocycles. The van der Waals surface area contributed by atoms with Gasteiger partial charge in [-0.15, -0.1) is 0 Å². The fourth-order valence-electron chi connectivity index (χ4n) is 2.55. The third kappa shape index (κ3) is 3.09. The van der Waals surface area contributed by atoms with Crippen molar-refractivity contribution in [2.75, 3.05) is 6.54 Å². The van der Waals surface area contributed by atoms with Gasteiger partial charge < -0.3 is 4.90 Å². The minimum Gasteiger partial charge on any atom is -0.340 e. The SMILES string of the molecule is C[C@H]1CCCCCN1C(=O)Cc1ccccc1F. The average Bonchev–Trinajstić information content (AvgIpc) is 2.57. The molecule has 1 atom stereocenters. The molecular formula is C15H20FNO. The largest absolute Gasteiger partial charge is 0.340 e. The molecule has 1 amide bonds. The van der Waals surface area contributed by atoms with Crippen molar-refractivity contribution in [2.24, 2.45) is 0 Å². The first kappa shape index (κ1) is 13.1. The van der Waals surface area contributed by atoms with Crippen LogP contribution in [-0.4, -0.2) is 23.4 Å². The van der Waals surface area contributed by atoms with Crippen molar-refractivity contribution >= 4 is 5.91 Å². The Morgan fingerprint density at radius 3 is 2.89 bits per heavy atom. The van der Waals surface area contributed by atoms with Crippen LogP contribution >= 0.6 is 0 Å². The van der Waals surface area contributed by atoms with Crippen LogP contribution in [0.3, 0.4) is 0 Å². The molecule has 1 aliphatic rings. The zero-order valence-electron chi connectivity index (χ0n) is 10.9. The van der Waals surface area contributed by atoms with Gasteiger partial charge in [0.15, 0.2) is 0 Å². The molecule has 1 aromatic carbocycles. The first-order valence-corrected chi connectivity index (χ1v) is 6.71. The van der Waals surface area contributed by atoms with Crippen LogP contribution in [0, 0.1) is 5.82 Å². The van der Waals surface area contributed by atoms with E-state index < -0.39 is 0 Å². The number of halogens is 1. The highest BCUT2D eigenvalue weighted by atomic mass is 19.1. The summed E-state index contributed by atoms with van der Waals surface area (Å²) in [5.41, 5.74) is 0.499. The van der Waals surface area contributed by atoms with E-state index in [2.05, 4.69) is 6.92 Å². The predicted octanol–water partition coefficient (Wildman–Crippen LogP) is 3.16. The molecule has 1 aliphatic heterocycles. The lowest BCUT2D eigenvalue weighted by Gasteiger charge is -2.27. The topological polar surface area (TPSA) is 20.3 Å². The first-order valence-electron chi connectivity index (χ1n) is 6.71. The molecule has 0 aliphatic carbocycles. The van der Waals surface area contributed by atoms with Gasteiger partial charge in [0.1, 0.15) is 5.82 Å². The summed E-state index contributed by atoms with van der Waals surface area (Å²) >= 11 is 0. The van der Waals surface area contributed by atoms with Crippen LogP contribution < -0.4 is 0 Å². The Kier molecular flexibility index (Phi) is 4.34. The van der Waals surface area contributed by atoms with E-state index in [4.69, 9.17) is 0 Å². The zero-order chi connectivity index (χ0) is 13.0. The van der Waals surface area contributed by atoms with Gasteiger partial charge in [-0.1, -0.05) is 31.0 Å². The van der Waals surface area contributed by atoms with Crippen LogP contribution in [0.5, 0.6) is 0 Å². The molecule has 0 N–H and O–H groups in total. The molecule has 1 fully saturated rings. The highest BCUT2D eigenvalue weighted by Gasteiger charge is 2.22. The fraction of sp³-hybridized carbons (Fsp3) is 0.533. The summed E-state index contributed by atoms with van der Waals surface area (Å²) in [4.78, 5) is 14.2. The zero-order valence-corrected chi connectivity index (χ0v) is 10.9. The maximum absolute atomic E-state index is 13.5. The maximum atomic E-state index is 13.5. The van der Waals surface area contributed by atoms with Crippen molar-refractivity contribution in [2.45, 2.75) is 45.1 Å². The van der Waals surface area contributed by atoms with E-state index in [1.54, 1.807) is 18.2 Å². The summed E-state index contributed by atoms with van der Waals surface area (Å²) < 4.78 is 13.5. The second kappa shape index (κ2) is 5.98. The normalized spacial score (nSPS) is 20.6. The smallest absolute Gasteiger partial charge is 0.227 e. The van der Waals surface area contributed by atoms with Crippen LogP contribution in [0.15, 0.2) is 24.3 Å². The van der Waals surface area contributed by atoms with Crippen molar-refractivity contribution in [1.29, 1.82) is 0 Å². The van der Waals surface area contributed by atoms with Gasteiger partial charge in [-0.05, 0) is 31.4 Å². The van der Waals surface area contributed by atoms with Crippen molar-refractivity contribution in [1.82, 2.24) is 4.90 Å². The van der Waals surface area contributed by atoms with E-state index in [-0.39, 0.29) is 24.2 Å². The maximum Gasteiger partial charge on any atom is 0.227 e. The van der Waals surface area contributed by atoms with Crippen LogP contribution in [0.4, 0.5) is 4.39 Å². The second-order valence-corrected chi connectivity index (χ2v) is 5.05. The molecular weight excluding hydrogens is 229 g/mol. The molecule has 3 heteroatoms. The third-order valence-electron chi connectivity index (χ3n) is 3.67. The molecule has 2 rings (SSSR count). The Morgan fingerprint density at radius 2 is 2.11 bits per heavy atom. The molecule has 1 aromatic rings. The minimum atomic E-state index is -0.284. The lowest BCUT2D eigenvalue weighted by atomic mass is 10.1. The molecule has 0 aromatic heterocycles. The summed E-state index contributed by atoms with van der Waals surface area (Å²) in [7, 11) is 0. The Bertz CT molecular complexity index is 419. The molecule has 0 radical (unpaired) electrons. The second-order valence-electron chi connectivity index (χ2n) is 5.05. The molecule has 2 nitrogen and oxygen atoms in total. The number of nitrogens with zero attached hydrogens (tertiary/aromatic N) is 1. The van der Waals surface area contributed by atoms with Gasteiger partial charge in [-0.2, -0.15) is 0 Å². The van der Waals surface area contributed by atoms with Crippen molar-refractivity contribution < 1.29 is 9.18 Å². The minimum absolute atomic E-state index is 0.0505. The Morgan fingerprint density at radius 1 is 1.33 bits per heavy atom. The van der Waals surface area contributed by atoms with E-state index >= 15 is 0 Å². The molecule has 0 unspecified atom stereocenters. The Labute approximate surface area is 108 Å². The monoisotopic (exact) mass is 249 g/mol. The van der Waals surface area contributed by atoms with Crippen LogP contribution in [0.25, 0.3) is 0 Å². The van der Waals surface area contributed by atoms with Crippen LogP contribution in [-0.2, 0) is 11.2 Å². The number of hydrogen-bond donors (Lipinski definition) is 0. The van der Waals surface area contributed by atoms with Gasteiger partial charge >= 0.3 is 0 Å². The number of likely N-dealkylation sites (tertiary alicyclic amines) is 1. The number of rotatable bonds is 2. The Balaban J connectivity index is 2.04. The number of benzene rings is 1. The van der Waals surface area contributed by atoms with Gasteiger partial charge in [0.05, 0.1) is 6.42 Å². The lowest BCUT2D eigenvalue weighted by Crippen LogP contribution is -2.39. The number of carbonyl (C=O) groups excluding carboxylic acids is 1. The van der Waals surface area contributed by atoms with Gasteiger partial charge in [-0.25, -0.2) is 4.39 Å². The van der Waals surface area contributed by atoms with Gasteiger partial charge in [0, 0.05) is 12.6 Å². The standard InChI is InChI=1S/C15H20FNO/c1-12-7-3-2-6-10-17(12)15(18)11-13-8-4-5-9-14(13)16/h4-5,8-9,12H,2-3,6-7,10-11H2,1H3/t12-/m0/s1. The molecule has 18 heavy (non-hydrogen) atoms. The van der Waals surface area contributed by atoms with Crippen LogP contribution in [0.1, 0.15) is 38.2 Å². The summed E-state index contributed by atoms with van der Waals surface area (Å²) in [6, 6.07) is 6.81. The van der Waals surface area contributed by atoms with Crippen molar-refractivity contribution in [3.05, 3.63) is 35.6 Å². The van der Waals surface area contributed by atoms with E-state index in [0.717, 1.165) is 19.4 Å². The molecule has 98 valence electrons. The summed E-state index contributed by atoms with van der Waals surface area (Å²) in [6.07, 6.45) is 4.67. The third-order valence-corrected chi connectivity index (χ3v) is 3.67. The van der Waals surface area contributed by atoms with E-state index in [1.807, 2.05) is 4.90 Å². The molecule has 0 saturated carbocycles. The van der Waals surface area contributed by atoms with Crippen molar-refractivity contribution in [3.63, 3.8) is 0 Å². The van der Waals surface area contributed by atoms with E-state index in [9.17, 15) is 9.18 Å². The van der Waals surface area contributed by atoms with E-state index in [0.29, 0.717) is 5.56 Å². The molecule has 1 saturated heterocycles. The number of amides is 1. The van der Waals surface area contributed by atoms with Crippen molar-refractivity contribution in [3.8, 4) is 0 Å². The highest BCUT2D eigenvalue weighted by Crippen LogP contribution is 2.18. The summed E-state index contributed by atoms with van der Waals surface area (Å²) in [5, 5.41) is 0. The lowest BCUT2D eigenvalue weighted by molar-refractivity contribution is -0.132. The fourth-order valence-corrected chi connectivity index (χ4v) is 2.55. The van der Waals surface area contributed by atoms with Gasteiger partial charge in [0.25, 0.3) is 0 Å². The van der Waals surface area contributed by atoms with E-state index in [1.165, 1.54) is 18.9 Å². The highest BCUT2D eigenvalue weighted by molar-refractivity contribution is 5.79. The molecule has 0 spiro atoms. The van der Waals surface area contributed by atoms with Crippen LogP contribution in [0.2, 0.25) is 0 Å². The number of carbonyl (C=O) groups is 1. The predicted molar refractivity (Wildman–Crippen MR) is 69.7 cm³/mol. The van der Waals surface area contributed by atoms with Gasteiger partial charge in [-0.3, -0.25) is 4.79 Å². The summed E-state index contributed by atoms with van der Waals surface area (Å²) in [5.74, 6) is -0.233. The van der Waals surface area contributed by atoms with Gasteiger partial charge in [0.2, 0.25) is 5.91 Å². The summed E-state index contributed by atoms with van der Waals surface area (Å²) in [6.45, 7) is 2.90. The average molecular weight is 249 g/mol. The quantitative estimate of drug-likeness (QED) is 0.788. The molecule has 0 bridgehead atoms. The Hall–Kier alpha value is -1.38. The number of hydrogen-bond acceptors (Lipinski definition) is 1. The first-order chi connectivity index (χ1) is 8.68.